The van der Waals surface area contributed by atoms with Crippen molar-refractivity contribution in [3.05, 3.63) is 26.2 Å². The number of phosphoric acid groups is 2. The quantitative estimate of drug-likeness (QED) is 0.190. The van der Waals surface area contributed by atoms with E-state index in [0.717, 1.165) is 0 Å². The molecule has 18 heteroatoms. The Bertz CT molecular complexity index is 1310. The average Bonchev–Trinajstić information content (AvgIpc) is 3.10. The molecular weight excluding hydrogens is 601 g/mol. The number of nitrogens with zero attached hydrogens (tertiary/aromatic N) is 3. The molecule has 0 spiro atoms. The van der Waals surface area contributed by atoms with E-state index in [1.807, 2.05) is 22.6 Å². The van der Waals surface area contributed by atoms with E-state index in [-0.39, 0.29) is 11.6 Å². The fourth-order valence-electron chi connectivity index (χ4n) is 3.59. The summed E-state index contributed by atoms with van der Waals surface area (Å²) in [6.07, 6.45) is -1.49. The number of anilines is 1. The monoisotopic (exact) mass is 618 g/mol. The molecule has 1 unspecified atom stereocenters. The van der Waals surface area contributed by atoms with Gasteiger partial charge in [0.05, 0.1) is 18.3 Å². The molecule has 6 N–H and O–H groups in total. The lowest BCUT2D eigenvalue weighted by molar-refractivity contribution is -0.0954. The van der Waals surface area contributed by atoms with E-state index in [1.165, 1.54) is 23.9 Å². The Morgan fingerprint density at radius 3 is 2.73 bits per heavy atom. The number of aliphatic hydroxyl groups is 2. The fourth-order valence-corrected chi connectivity index (χ4v) is 5.86. The van der Waals surface area contributed by atoms with Gasteiger partial charge in [-0.05, 0) is 29.5 Å². The first kappa shape index (κ1) is 24.8. The maximum absolute atomic E-state index is 12.0. The van der Waals surface area contributed by atoms with E-state index in [0.29, 0.717) is 14.3 Å². The van der Waals surface area contributed by atoms with Crippen LogP contribution in [0.15, 0.2) is 22.1 Å². The number of aliphatic hydroxyl groups excluding tert-OH is 1. The van der Waals surface area contributed by atoms with E-state index in [4.69, 9.17) is 14.5 Å². The molecule has 2 aromatic rings. The van der Waals surface area contributed by atoms with E-state index >= 15 is 0 Å². The molecule has 0 aliphatic carbocycles. The second kappa shape index (κ2) is 8.42. The minimum absolute atomic E-state index is 0.232. The Morgan fingerprint density at radius 1 is 1.36 bits per heavy atom. The van der Waals surface area contributed by atoms with Crippen molar-refractivity contribution in [3.8, 4) is 0 Å². The molecule has 33 heavy (non-hydrogen) atoms. The van der Waals surface area contributed by atoms with Crippen molar-refractivity contribution in [2.45, 2.75) is 31.0 Å². The van der Waals surface area contributed by atoms with Crippen LogP contribution in [0.4, 0.5) is 11.6 Å². The highest BCUT2D eigenvalue weighted by atomic mass is 127. The van der Waals surface area contributed by atoms with Gasteiger partial charge >= 0.3 is 15.6 Å². The Kier molecular flexibility index (Phi) is 6.33. The van der Waals surface area contributed by atoms with Crippen LogP contribution in [-0.2, 0) is 22.7 Å². The highest BCUT2D eigenvalue weighted by molar-refractivity contribution is 14.1. The normalized spacial score (nSPS) is 28.6. The summed E-state index contributed by atoms with van der Waals surface area (Å²) in [7, 11) is -10.5. The first-order chi connectivity index (χ1) is 15.2. The zero-order chi connectivity index (χ0) is 24.3. The van der Waals surface area contributed by atoms with Crippen molar-refractivity contribution in [2.75, 3.05) is 11.9 Å². The van der Waals surface area contributed by atoms with Gasteiger partial charge in [-0.1, -0.05) is 0 Å². The third kappa shape index (κ3) is 4.78. The molecule has 180 valence electrons. The fraction of sp³-hybridized carbons (Fsp3) is 0.400. The van der Waals surface area contributed by atoms with Crippen LogP contribution < -0.4 is 10.9 Å². The molecule has 2 aliphatic heterocycles. The van der Waals surface area contributed by atoms with Crippen molar-refractivity contribution in [1.29, 1.82) is 0 Å². The number of nitrogens with one attached hydrogen (secondary N) is 1. The van der Waals surface area contributed by atoms with Gasteiger partial charge in [0.25, 0.3) is 5.56 Å². The van der Waals surface area contributed by atoms with Crippen molar-refractivity contribution in [1.82, 2.24) is 9.55 Å². The maximum atomic E-state index is 12.0. The molecule has 2 aliphatic rings. The van der Waals surface area contributed by atoms with Crippen LogP contribution in [-0.4, -0.2) is 65.2 Å². The van der Waals surface area contributed by atoms with Crippen LogP contribution in [0.25, 0.3) is 10.8 Å². The molecule has 15 nitrogen and oxygen atoms in total. The minimum atomic E-state index is -5.34. The largest absolute Gasteiger partial charge is 0.481 e. The molecular formula is C15H17IN4O11P2. The number of hydrogen-bond acceptors (Lipinski definition) is 11. The van der Waals surface area contributed by atoms with Gasteiger partial charge in [-0.25, -0.2) is 14.1 Å². The molecule has 0 saturated carbocycles. The summed E-state index contributed by atoms with van der Waals surface area (Å²) in [4.78, 5) is 47.0. The number of aromatic nitrogens is 2. The Balaban J connectivity index is 1.69. The number of rotatable bonds is 6. The Labute approximate surface area is 198 Å². The van der Waals surface area contributed by atoms with Gasteiger partial charge in [0, 0.05) is 21.2 Å². The van der Waals surface area contributed by atoms with Gasteiger partial charge in [0.2, 0.25) is 0 Å². The van der Waals surface area contributed by atoms with Gasteiger partial charge in [-0.3, -0.25) is 9.32 Å². The molecule has 2 aromatic heterocycles. The van der Waals surface area contributed by atoms with Gasteiger partial charge in [0.1, 0.15) is 29.4 Å². The smallest absolute Gasteiger partial charge is 0.387 e. The SMILES string of the molecule is C[C@@]1(O)[C@H](O)[C@@H](COP(=O)(O)OP(=O)(O)O)O[C@H]1n1cc2c(I)cc(=O)nc3c2c1N=CN3. The number of hydrogen-bond donors (Lipinski definition) is 6. The summed E-state index contributed by atoms with van der Waals surface area (Å²) in [5, 5.41) is 25.4. The molecule has 1 fully saturated rings. The highest BCUT2D eigenvalue weighted by Crippen LogP contribution is 2.58. The number of aliphatic imine (C=N–C) groups is 1. The molecule has 0 amide bonds. The maximum Gasteiger partial charge on any atom is 0.481 e. The number of halogens is 1. The van der Waals surface area contributed by atoms with Crippen LogP contribution in [0.3, 0.4) is 0 Å². The first-order valence-electron chi connectivity index (χ1n) is 9.04. The van der Waals surface area contributed by atoms with Gasteiger partial charge in [0.15, 0.2) is 6.23 Å². The van der Waals surface area contributed by atoms with Crippen molar-refractivity contribution >= 4 is 67.0 Å². The van der Waals surface area contributed by atoms with Crippen molar-refractivity contribution < 1.29 is 47.6 Å². The first-order valence-corrected chi connectivity index (χ1v) is 13.1. The predicted molar refractivity (Wildman–Crippen MR) is 120 cm³/mol. The lowest BCUT2D eigenvalue weighted by Gasteiger charge is -2.28. The summed E-state index contributed by atoms with van der Waals surface area (Å²) in [6.45, 7) is 0.413. The second-order valence-electron chi connectivity index (χ2n) is 7.38. The van der Waals surface area contributed by atoms with E-state index < -0.39 is 51.8 Å². The number of phosphoric ester groups is 1. The van der Waals surface area contributed by atoms with Gasteiger partial charge in [-0.15, -0.1) is 0 Å². The highest BCUT2D eigenvalue weighted by Gasteiger charge is 2.54. The summed E-state index contributed by atoms with van der Waals surface area (Å²) in [5.74, 6) is 0.493. The molecule has 0 radical (unpaired) electrons. The molecule has 0 aromatic carbocycles. The van der Waals surface area contributed by atoms with E-state index in [9.17, 15) is 29.0 Å². The second-order valence-corrected chi connectivity index (χ2v) is 11.4. The topological polar surface area (TPSA) is 222 Å². The lowest BCUT2D eigenvalue weighted by atomic mass is 9.96. The van der Waals surface area contributed by atoms with Gasteiger partial charge in [-0.2, -0.15) is 9.29 Å². The molecule has 1 saturated heterocycles. The molecule has 0 bridgehead atoms. The summed E-state index contributed by atoms with van der Waals surface area (Å²) < 4.78 is 38.4. The Hall–Kier alpha value is -1.30. The minimum Gasteiger partial charge on any atom is -0.387 e. The zero-order valence-electron chi connectivity index (χ0n) is 16.5. The van der Waals surface area contributed by atoms with Crippen LogP contribution in [0.2, 0.25) is 0 Å². The third-order valence-corrected chi connectivity index (χ3v) is 8.02. The summed E-state index contributed by atoms with van der Waals surface area (Å²) >= 11 is 1.95. The molecule has 4 heterocycles. The summed E-state index contributed by atoms with van der Waals surface area (Å²) in [6, 6.07) is 1.31. The predicted octanol–water partition coefficient (Wildman–Crippen LogP) is 0.322. The average molecular weight is 618 g/mol. The van der Waals surface area contributed by atoms with Crippen LogP contribution in [0.1, 0.15) is 13.2 Å². The lowest BCUT2D eigenvalue weighted by Crippen LogP contribution is -2.44. The zero-order valence-corrected chi connectivity index (χ0v) is 20.4. The van der Waals surface area contributed by atoms with E-state index in [1.54, 1.807) is 6.20 Å². The third-order valence-electron chi connectivity index (χ3n) is 4.98. The van der Waals surface area contributed by atoms with Gasteiger partial charge < -0.3 is 39.5 Å². The standard InChI is InChI=1S/C15H17IN4O11P2/c1-15(23)11(22)8(4-29-33(27,28)31-32(24,25)26)30-14(15)20-3-6-7(16)2-9(21)19-12-10(6)13(20)18-5-17-12/h2-3,5,8,11,14,22-23H,4H2,1H3,(H,27,28)(H2,24,25,26)(H,17,18,19,21)/t8-,11-,14-,15-/m1/s1. The number of ether oxygens (including phenoxy) is 1. The Morgan fingerprint density at radius 2 is 2.06 bits per heavy atom. The van der Waals surface area contributed by atoms with Crippen molar-refractivity contribution in [3.63, 3.8) is 0 Å². The van der Waals surface area contributed by atoms with Crippen molar-refractivity contribution in [2.24, 2.45) is 4.99 Å². The van der Waals surface area contributed by atoms with Crippen LogP contribution in [0, 0.1) is 3.57 Å². The molecule has 5 atom stereocenters. The van der Waals surface area contributed by atoms with E-state index in [2.05, 4.69) is 24.1 Å². The molecule has 4 rings (SSSR count). The summed E-state index contributed by atoms with van der Waals surface area (Å²) in [5.41, 5.74) is -2.44. The van der Waals surface area contributed by atoms with Crippen LogP contribution >= 0.6 is 38.2 Å². The van der Waals surface area contributed by atoms with Crippen LogP contribution in [0.5, 0.6) is 0 Å².